The van der Waals surface area contributed by atoms with Crippen LogP contribution in [0.15, 0.2) is 48.8 Å². The van der Waals surface area contributed by atoms with Crippen molar-refractivity contribution in [1.82, 2.24) is 10.3 Å². The molecule has 0 spiro atoms. The Morgan fingerprint density at radius 3 is 2.19 bits per heavy atom. The van der Waals surface area contributed by atoms with E-state index in [9.17, 15) is 9.59 Å². The maximum atomic E-state index is 11.8. The molecule has 1 amide bonds. The second-order valence-electron chi connectivity index (χ2n) is 4.03. The van der Waals surface area contributed by atoms with Gasteiger partial charge in [-0.1, -0.05) is 0 Å². The lowest BCUT2D eigenvalue weighted by atomic mass is 10.2. The van der Waals surface area contributed by atoms with E-state index < -0.39 is 5.97 Å². The number of carbonyl (C=O) groups excluding carboxylic acids is 1. The summed E-state index contributed by atoms with van der Waals surface area (Å²) in [4.78, 5) is 26.4. The van der Waals surface area contributed by atoms with Crippen molar-refractivity contribution in [1.29, 1.82) is 0 Å². The molecule has 0 aliphatic heterocycles. The molecule has 21 heavy (non-hydrogen) atoms. The molecule has 106 valence electrons. The van der Waals surface area contributed by atoms with Gasteiger partial charge in [0.1, 0.15) is 0 Å². The van der Waals surface area contributed by atoms with Crippen LogP contribution in [-0.4, -0.2) is 27.1 Å². The van der Waals surface area contributed by atoms with Crippen molar-refractivity contribution in [2.45, 2.75) is 0 Å². The van der Waals surface area contributed by atoms with Crippen molar-refractivity contribution < 1.29 is 14.7 Å². The number of aromatic nitrogens is 1. The summed E-state index contributed by atoms with van der Waals surface area (Å²) < 4.78 is 0. The highest BCUT2D eigenvalue weighted by Crippen LogP contribution is 2.09. The maximum absolute atomic E-state index is 11.8. The summed E-state index contributed by atoms with van der Waals surface area (Å²) in [5.41, 5.74) is 1.20. The molecule has 0 aliphatic rings. The number of carboxylic acids is 1. The largest absolute Gasteiger partial charge is 0.478 e. The summed E-state index contributed by atoms with van der Waals surface area (Å²) in [6.45, 7) is 0. The number of pyridine rings is 1. The number of benzene rings is 1. The lowest BCUT2D eigenvalue weighted by Crippen LogP contribution is -2.34. The smallest absolute Gasteiger partial charge is 0.335 e. The van der Waals surface area contributed by atoms with Crippen molar-refractivity contribution in [3.05, 3.63) is 59.9 Å². The van der Waals surface area contributed by atoms with E-state index in [0.717, 1.165) is 0 Å². The van der Waals surface area contributed by atoms with Gasteiger partial charge < -0.3 is 10.4 Å². The van der Waals surface area contributed by atoms with Gasteiger partial charge in [0.05, 0.1) is 5.56 Å². The lowest BCUT2D eigenvalue weighted by Gasteiger charge is -2.09. The van der Waals surface area contributed by atoms with Crippen molar-refractivity contribution in [2.24, 2.45) is 0 Å². The number of anilines is 1. The van der Waals surface area contributed by atoms with E-state index in [1.54, 1.807) is 24.3 Å². The molecule has 0 atom stereocenters. The predicted molar refractivity (Wildman–Crippen MR) is 81.3 cm³/mol. The zero-order valence-corrected chi connectivity index (χ0v) is 11.6. The third kappa shape index (κ3) is 4.08. The minimum Gasteiger partial charge on any atom is -0.478 e. The molecule has 0 saturated heterocycles. The topological polar surface area (TPSA) is 91.3 Å². The molecule has 0 aliphatic carbocycles. The summed E-state index contributed by atoms with van der Waals surface area (Å²) in [6, 6.07) is 9.15. The Hall–Kier alpha value is -2.80. The summed E-state index contributed by atoms with van der Waals surface area (Å²) in [5.74, 6) is -1.35. The van der Waals surface area contributed by atoms with E-state index in [4.69, 9.17) is 17.3 Å². The first-order chi connectivity index (χ1) is 10.1. The number of thiocarbonyl (C=S) groups is 1. The SMILES string of the molecule is O=C(O)c1ccc(NC(=S)NC(=O)c2ccncc2)cc1. The molecule has 1 aromatic heterocycles. The van der Waals surface area contributed by atoms with Crippen LogP contribution in [0.25, 0.3) is 0 Å². The normalized spacial score (nSPS) is 9.71. The fraction of sp³-hybridized carbons (Fsp3) is 0. The molecule has 0 saturated carbocycles. The molecule has 3 N–H and O–H groups in total. The van der Waals surface area contributed by atoms with Crippen LogP contribution in [0.2, 0.25) is 0 Å². The highest BCUT2D eigenvalue weighted by Gasteiger charge is 2.08. The number of aromatic carboxylic acids is 1. The van der Waals surface area contributed by atoms with Crippen molar-refractivity contribution in [3.63, 3.8) is 0 Å². The fourth-order valence-corrected chi connectivity index (χ4v) is 1.75. The Bertz CT molecular complexity index is 672. The van der Waals surface area contributed by atoms with Gasteiger partial charge in [0.2, 0.25) is 0 Å². The van der Waals surface area contributed by atoms with Gasteiger partial charge in [-0.3, -0.25) is 15.1 Å². The van der Waals surface area contributed by atoms with E-state index in [1.807, 2.05) is 0 Å². The molecule has 2 aromatic rings. The summed E-state index contributed by atoms with van der Waals surface area (Å²) in [7, 11) is 0. The molecule has 6 nitrogen and oxygen atoms in total. The average Bonchev–Trinajstić information content (AvgIpc) is 2.48. The first kappa shape index (κ1) is 14.6. The van der Waals surface area contributed by atoms with Crippen LogP contribution in [0.5, 0.6) is 0 Å². The van der Waals surface area contributed by atoms with Crippen LogP contribution < -0.4 is 10.6 Å². The molecule has 1 aromatic carbocycles. The second kappa shape index (κ2) is 6.58. The highest BCUT2D eigenvalue weighted by molar-refractivity contribution is 7.80. The van der Waals surface area contributed by atoms with Crippen LogP contribution in [0.1, 0.15) is 20.7 Å². The van der Waals surface area contributed by atoms with Crippen LogP contribution in [0.4, 0.5) is 5.69 Å². The molecule has 2 rings (SSSR count). The summed E-state index contributed by atoms with van der Waals surface area (Å²) in [6.07, 6.45) is 3.02. The second-order valence-corrected chi connectivity index (χ2v) is 4.43. The van der Waals surface area contributed by atoms with Crippen molar-refractivity contribution >= 4 is 34.9 Å². The Morgan fingerprint density at radius 2 is 1.62 bits per heavy atom. The van der Waals surface area contributed by atoms with Crippen molar-refractivity contribution in [2.75, 3.05) is 5.32 Å². The first-order valence-corrected chi connectivity index (χ1v) is 6.33. The van der Waals surface area contributed by atoms with E-state index in [2.05, 4.69) is 15.6 Å². The number of amides is 1. The zero-order chi connectivity index (χ0) is 15.2. The van der Waals surface area contributed by atoms with Crippen LogP contribution in [-0.2, 0) is 0 Å². The standard InChI is InChI=1S/C14H11N3O3S/c18-12(9-5-7-15-8-6-9)17-14(21)16-11-3-1-10(2-4-11)13(19)20/h1-8H,(H,19,20)(H2,16,17,18,21). The molecule has 0 radical (unpaired) electrons. The number of hydrogen-bond donors (Lipinski definition) is 3. The molecule has 0 unspecified atom stereocenters. The Balaban J connectivity index is 1.95. The molecule has 0 bridgehead atoms. The summed E-state index contributed by atoms with van der Waals surface area (Å²) in [5, 5.41) is 14.2. The van der Waals surface area contributed by atoms with E-state index >= 15 is 0 Å². The minimum atomic E-state index is -1.00. The van der Waals surface area contributed by atoms with E-state index in [1.165, 1.54) is 24.5 Å². The van der Waals surface area contributed by atoms with Gasteiger partial charge in [-0.25, -0.2) is 4.79 Å². The Labute approximate surface area is 125 Å². The average molecular weight is 301 g/mol. The first-order valence-electron chi connectivity index (χ1n) is 5.92. The van der Waals surface area contributed by atoms with Gasteiger partial charge in [0.15, 0.2) is 5.11 Å². The third-order valence-corrected chi connectivity index (χ3v) is 2.76. The Kier molecular flexibility index (Phi) is 4.57. The molecule has 0 fully saturated rings. The molecular formula is C14H11N3O3S. The van der Waals surface area contributed by atoms with Crippen molar-refractivity contribution in [3.8, 4) is 0 Å². The van der Waals surface area contributed by atoms with E-state index in [0.29, 0.717) is 11.3 Å². The zero-order valence-electron chi connectivity index (χ0n) is 10.7. The van der Waals surface area contributed by atoms with Gasteiger partial charge >= 0.3 is 5.97 Å². The molecule has 1 heterocycles. The predicted octanol–water partition coefficient (Wildman–Crippen LogP) is 1.91. The molecule has 7 heteroatoms. The van der Waals surface area contributed by atoms with Gasteiger partial charge in [-0.05, 0) is 48.6 Å². The molecular weight excluding hydrogens is 290 g/mol. The minimum absolute atomic E-state index is 0.125. The fourth-order valence-electron chi connectivity index (χ4n) is 1.54. The Morgan fingerprint density at radius 1 is 1.00 bits per heavy atom. The van der Waals surface area contributed by atoms with E-state index in [-0.39, 0.29) is 16.6 Å². The van der Waals surface area contributed by atoms with Gasteiger partial charge in [-0.2, -0.15) is 0 Å². The monoisotopic (exact) mass is 301 g/mol. The summed E-state index contributed by atoms with van der Waals surface area (Å²) >= 11 is 5.02. The van der Waals surface area contributed by atoms with Crippen LogP contribution >= 0.6 is 12.2 Å². The van der Waals surface area contributed by atoms with Gasteiger partial charge in [0.25, 0.3) is 5.91 Å². The number of nitrogens with zero attached hydrogens (tertiary/aromatic N) is 1. The lowest BCUT2D eigenvalue weighted by molar-refractivity contribution is 0.0696. The number of hydrogen-bond acceptors (Lipinski definition) is 4. The number of rotatable bonds is 3. The number of carboxylic acid groups (broad SMARTS) is 1. The third-order valence-electron chi connectivity index (χ3n) is 2.56. The quantitative estimate of drug-likeness (QED) is 0.750. The van der Waals surface area contributed by atoms with Crippen LogP contribution in [0, 0.1) is 0 Å². The highest BCUT2D eigenvalue weighted by atomic mass is 32.1. The number of nitrogens with one attached hydrogen (secondary N) is 2. The van der Waals surface area contributed by atoms with Gasteiger partial charge in [0, 0.05) is 23.6 Å². The van der Waals surface area contributed by atoms with Crippen LogP contribution in [0.3, 0.4) is 0 Å². The van der Waals surface area contributed by atoms with Gasteiger partial charge in [-0.15, -0.1) is 0 Å². The maximum Gasteiger partial charge on any atom is 0.335 e. The number of carbonyl (C=O) groups is 2.